The Balaban J connectivity index is 1.47. The van der Waals surface area contributed by atoms with Gasteiger partial charge in [0, 0.05) is 18.3 Å². The van der Waals surface area contributed by atoms with Gasteiger partial charge in [-0.3, -0.25) is 4.79 Å². The molecule has 0 aliphatic carbocycles. The molecule has 3 aromatic carbocycles. The van der Waals surface area contributed by atoms with Crippen LogP contribution in [0.3, 0.4) is 0 Å². The highest BCUT2D eigenvalue weighted by Crippen LogP contribution is 2.22. The Hall–Kier alpha value is -4.38. The molecule has 5 nitrogen and oxygen atoms in total. The summed E-state index contributed by atoms with van der Waals surface area (Å²) in [5.74, 6) is -0.554. The number of ether oxygens (including phenoxy) is 1. The van der Waals surface area contributed by atoms with E-state index in [2.05, 4.69) is 0 Å². The summed E-state index contributed by atoms with van der Waals surface area (Å²) in [5, 5.41) is 9.02. The molecule has 4 aromatic rings. The van der Waals surface area contributed by atoms with E-state index >= 15 is 0 Å². The maximum absolute atomic E-state index is 13.2. The summed E-state index contributed by atoms with van der Waals surface area (Å²) in [5.41, 5.74) is 4.21. The third kappa shape index (κ3) is 5.51. The fraction of sp³-hybridized carbons (Fsp3) is 0.103. The Morgan fingerprint density at radius 2 is 1.68 bits per heavy atom. The number of aliphatic carboxylic acids is 1. The van der Waals surface area contributed by atoms with Crippen LogP contribution in [0.15, 0.2) is 103 Å². The van der Waals surface area contributed by atoms with Crippen LogP contribution in [0, 0.1) is 0 Å². The van der Waals surface area contributed by atoms with E-state index in [-0.39, 0.29) is 5.78 Å². The Kier molecular flexibility index (Phi) is 7.04. The van der Waals surface area contributed by atoms with E-state index in [1.807, 2.05) is 102 Å². The minimum absolute atomic E-state index is 0.0331. The molecule has 0 fully saturated rings. The molecule has 0 bridgehead atoms. The van der Waals surface area contributed by atoms with Crippen molar-refractivity contribution < 1.29 is 19.4 Å². The molecule has 0 saturated carbocycles. The summed E-state index contributed by atoms with van der Waals surface area (Å²) >= 11 is 0. The lowest BCUT2D eigenvalue weighted by Crippen LogP contribution is -2.22. The minimum Gasteiger partial charge on any atom is -0.479 e. The molecule has 1 atom stereocenters. The molecule has 34 heavy (non-hydrogen) atoms. The van der Waals surface area contributed by atoms with Gasteiger partial charge in [-0.15, -0.1) is 0 Å². The standard InChI is InChI=1S/C29H25NO4/c1-21(29(32)33)34-26-15-5-9-22(19-26)10-7-17-30-18-8-16-27(30)28(31)25-14-6-13-24(20-25)23-11-3-2-4-12-23/h2-16,18-21H,17H2,1H3,(H,32,33)/t21-/m0/s1. The Morgan fingerprint density at radius 3 is 2.47 bits per heavy atom. The lowest BCUT2D eigenvalue weighted by molar-refractivity contribution is -0.144. The van der Waals surface area contributed by atoms with Gasteiger partial charge in [0.1, 0.15) is 5.75 Å². The maximum atomic E-state index is 13.2. The quantitative estimate of drug-likeness (QED) is 0.319. The summed E-state index contributed by atoms with van der Waals surface area (Å²) < 4.78 is 7.33. The van der Waals surface area contributed by atoms with Crippen molar-refractivity contribution in [3.8, 4) is 16.9 Å². The number of carbonyl (C=O) groups is 2. The van der Waals surface area contributed by atoms with Crippen molar-refractivity contribution in [1.29, 1.82) is 0 Å². The highest BCUT2D eigenvalue weighted by atomic mass is 16.5. The molecule has 1 N–H and O–H groups in total. The van der Waals surface area contributed by atoms with Crippen LogP contribution < -0.4 is 4.74 Å². The molecule has 4 rings (SSSR count). The van der Waals surface area contributed by atoms with Gasteiger partial charge < -0.3 is 14.4 Å². The molecule has 0 aliphatic heterocycles. The first-order valence-electron chi connectivity index (χ1n) is 11.0. The van der Waals surface area contributed by atoms with E-state index < -0.39 is 12.1 Å². The SMILES string of the molecule is C[C@H](Oc1cccc(C=CCn2cccc2C(=O)c2cccc(-c3ccccc3)c2)c1)C(=O)O. The smallest absolute Gasteiger partial charge is 0.344 e. The number of benzene rings is 3. The van der Waals surface area contributed by atoms with Crippen molar-refractivity contribution >= 4 is 17.8 Å². The highest BCUT2D eigenvalue weighted by Gasteiger charge is 2.14. The fourth-order valence-corrected chi connectivity index (χ4v) is 3.65. The number of nitrogens with zero attached hydrogens (tertiary/aromatic N) is 1. The van der Waals surface area contributed by atoms with Crippen LogP contribution in [-0.2, 0) is 11.3 Å². The molecule has 0 saturated heterocycles. The Morgan fingerprint density at radius 1 is 0.912 bits per heavy atom. The van der Waals surface area contributed by atoms with E-state index in [0.717, 1.165) is 16.7 Å². The summed E-state index contributed by atoms with van der Waals surface area (Å²) in [4.78, 5) is 24.2. The zero-order valence-corrected chi connectivity index (χ0v) is 18.8. The third-order valence-corrected chi connectivity index (χ3v) is 5.43. The second kappa shape index (κ2) is 10.5. The van der Waals surface area contributed by atoms with Crippen LogP contribution in [0.25, 0.3) is 17.2 Å². The predicted molar refractivity (Wildman–Crippen MR) is 133 cm³/mol. The molecule has 1 aromatic heterocycles. The van der Waals surface area contributed by atoms with Gasteiger partial charge in [-0.2, -0.15) is 0 Å². The summed E-state index contributed by atoms with van der Waals surface area (Å²) in [6.45, 7) is 2.01. The number of hydrogen-bond donors (Lipinski definition) is 1. The summed E-state index contributed by atoms with van der Waals surface area (Å²) in [6, 6.07) is 28.6. The number of carboxylic acids is 1. The van der Waals surface area contributed by atoms with E-state index in [0.29, 0.717) is 23.6 Å². The summed E-state index contributed by atoms with van der Waals surface area (Å²) in [7, 11) is 0. The number of aromatic nitrogens is 1. The van der Waals surface area contributed by atoms with E-state index in [1.165, 1.54) is 6.92 Å². The van der Waals surface area contributed by atoms with Gasteiger partial charge in [0.25, 0.3) is 0 Å². The maximum Gasteiger partial charge on any atom is 0.344 e. The number of hydrogen-bond acceptors (Lipinski definition) is 3. The first-order valence-corrected chi connectivity index (χ1v) is 11.0. The largest absolute Gasteiger partial charge is 0.479 e. The van der Waals surface area contributed by atoms with Crippen LogP contribution >= 0.6 is 0 Å². The van der Waals surface area contributed by atoms with Crippen LogP contribution in [0.5, 0.6) is 5.75 Å². The molecule has 170 valence electrons. The Labute approximate surface area is 198 Å². The molecule has 0 amide bonds. The predicted octanol–water partition coefficient (Wildman–Crippen LogP) is 5.95. The van der Waals surface area contributed by atoms with Gasteiger partial charge in [-0.05, 0) is 53.9 Å². The first kappa shape index (κ1) is 22.8. The zero-order valence-electron chi connectivity index (χ0n) is 18.8. The lowest BCUT2D eigenvalue weighted by Gasteiger charge is -2.10. The van der Waals surface area contributed by atoms with Gasteiger partial charge >= 0.3 is 5.97 Å². The second-order valence-corrected chi connectivity index (χ2v) is 7.89. The monoisotopic (exact) mass is 451 g/mol. The Bertz CT molecular complexity index is 1320. The number of rotatable bonds is 9. The van der Waals surface area contributed by atoms with Crippen molar-refractivity contribution in [3.63, 3.8) is 0 Å². The van der Waals surface area contributed by atoms with Crippen molar-refractivity contribution in [3.05, 3.63) is 120 Å². The van der Waals surface area contributed by atoms with Crippen LogP contribution in [0.4, 0.5) is 0 Å². The molecule has 0 radical (unpaired) electrons. The van der Waals surface area contributed by atoms with Crippen LogP contribution in [0.2, 0.25) is 0 Å². The third-order valence-electron chi connectivity index (χ3n) is 5.43. The van der Waals surface area contributed by atoms with Crippen LogP contribution in [0.1, 0.15) is 28.5 Å². The van der Waals surface area contributed by atoms with Gasteiger partial charge in [0.15, 0.2) is 6.10 Å². The van der Waals surface area contributed by atoms with Gasteiger partial charge in [0.05, 0.1) is 5.69 Å². The van der Waals surface area contributed by atoms with Gasteiger partial charge in [-0.1, -0.05) is 72.8 Å². The average molecular weight is 452 g/mol. The van der Waals surface area contributed by atoms with E-state index in [9.17, 15) is 9.59 Å². The molecular weight excluding hydrogens is 426 g/mol. The molecule has 0 aliphatic rings. The molecule has 0 spiro atoms. The topological polar surface area (TPSA) is 68.5 Å². The van der Waals surface area contributed by atoms with E-state index in [4.69, 9.17) is 9.84 Å². The summed E-state index contributed by atoms with van der Waals surface area (Å²) in [6.07, 6.45) is 4.83. The average Bonchev–Trinajstić information content (AvgIpc) is 3.33. The lowest BCUT2D eigenvalue weighted by atomic mass is 10.0. The molecule has 0 unspecified atom stereocenters. The van der Waals surface area contributed by atoms with Crippen molar-refractivity contribution in [1.82, 2.24) is 4.57 Å². The highest BCUT2D eigenvalue weighted by molar-refractivity contribution is 6.08. The minimum atomic E-state index is -1.01. The normalized spacial score (nSPS) is 11.9. The molecule has 5 heteroatoms. The number of ketones is 1. The first-order chi connectivity index (χ1) is 16.5. The molecule has 1 heterocycles. The number of carbonyl (C=O) groups excluding carboxylic acids is 1. The second-order valence-electron chi connectivity index (χ2n) is 7.89. The van der Waals surface area contributed by atoms with Crippen molar-refractivity contribution in [2.75, 3.05) is 0 Å². The van der Waals surface area contributed by atoms with Crippen molar-refractivity contribution in [2.24, 2.45) is 0 Å². The zero-order chi connectivity index (χ0) is 23.9. The van der Waals surface area contributed by atoms with Gasteiger partial charge in [-0.25, -0.2) is 4.79 Å². The van der Waals surface area contributed by atoms with Crippen molar-refractivity contribution in [2.45, 2.75) is 19.6 Å². The van der Waals surface area contributed by atoms with E-state index in [1.54, 1.807) is 12.1 Å². The fourth-order valence-electron chi connectivity index (χ4n) is 3.65. The molecular formula is C29H25NO4. The van der Waals surface area contributed by atoms with Crippen LogP contribution in [-0.4, -0.2) is 27.5 Å². The number of carboxylic acid groups (broad SMARTS) is 1. The van der Waals surface area contributed by atoms with Gasteiger partial charge in [0.2, 0.25) is 5.78 Å². The number of allylic oxidation sites excluding steroid dienone is 1.